The molecule has 51 valence electrons. The maximum atomic E-state index is 5.67. The number of rotatable bonds is 2. The van der Waals surface area contributed by atoms with Crippen molar-refractivity contribution in [2.24, 2.45) is 5.73 Å². The summed E-state index contributed by atoms with van der Waals surface area (Å²) in [5.41, 5.74) is 5.67. The minimum absolute atomic E-state index is 0.0903. The summed E-state index contributed by atoms with van der Waals surface area (Å²) in [5, 5.41) is 4.31. The molecule has 2 unspecified atom stereocenters. The zero-order valence-corrected chi connectivity index (χ0v) is 5.59. The first-order chi connectivity index (χ1) is 4.34. The fourth-order valence-electron chi connectivity index (χ4n) is 1.12. The minimum atomic E-state index is 0.0903. The van der Waals surface area contributed by atoms with Crippen molar-refractivity contribution in [3.63, 3.8) is 0 Å². The summed E-state index contributed by atoms with van der Waals surface area (Å²) < 4.78 is 0. The summed E-state index contributed by atoms with van der Waals surface area (Å²) in [6.07, 6.45) is 4.12. The molecule has 2 atom stereocenters. The van der Waals surface area contributed by atoms with Gasteiger partial charge in [-0.05, 0) is 12.8 Å². The molecule has 1 aliphatic heterocycles. The van der Waals surface area contributed by atoms with Gasteiger partial charge in [0.25, 0.3) is 0 Å². The Morgan fingerprint density at radius 3 is 3.00 bits per heavy atom. The Morgan fingerprint density at radius 2 is 2.56 bits per heavy atom. The van der Waals surface area contributed by atoms with Crippen molar-refractivity contribution < 1.29 is 0 Å². The normalized spacial score (nSPS) is 30.1. The molecule has 0 saturated carbocycles. The van der Waals surface area contributed by atoms with Gasteiger partial charge in [0.15, 0.2) is 0 Å². The zero-order valence-electron chi connectivity index (χ0n) is 5.59. The summed E-state index contributed by atoms with van der Waals surface area (Å²) in [6.45, 7) is 4.61. The first-order valence-electron chi connectivity index (χ1n) is 3.39. The van der Waals surface area contributed by atoms with Crippen LogP contribution in [0.4, 0.5) is 0 Å². The molecule has 0 spiro atoms. The van der Waals surface area contributed by atoms with Gasteiger partial charge in [-0.1, -0.05) is 6.08 Å². The topological polar surface area (TPSA) is 40.1 Å². The van der Waals surface area contributed by atoms with Gasteiger partial charge in [-0.25, -0.2) is 5.32 Å². The standard InChI is InChI=1S/C7H13N2/c1-2-6(8)7-4-3-5-9-7/h2,6-7H,1,3-5,8H2. The summed E-state index contributed by atoms with van der Waals surface area (Å²) in [6, 6.07) is 0.454. The van der Waals surface area contributed by atoms with Crippen LogP contribution >= 0.6 is 0 Å². The molecule has 0 bridgehead atoms. The zero-order chi connectivity index (χ0) is 6.69. The van der Waals surface area contributed by atoms with E-state index < -0.39 is 0 Å². The van der Waals surface area contributed by atoms with Crippen LogP contribution in [-0.2, 0) is 0 Å². The molecule has 2 N–H and O–H groups in total. The van der Waals surface area contributed by atoms with Gasteiger partial charge in [-0.3, -0.25) is 0 Å². The Labute approximate surface area is 56.1 Å². The predicted octanol–water partition coefficient (Wildman–Crippen LogP) is 0.266. The number of hydrogen-bond acceptors (Lipinski definition) is 1. The molecule has 1 aliphatic rings. The van der Waals surface area contributed by atoms with Crippen LogP contribution in [0.2, 0.25) is 0 Å². The van der Waals surface area contributed by atoms with Gasteiger partial charge >= 0.3 is 0 Å². The van der Waals surface area contributed by atoms with Gasteiger partial charge in [-0.2, -0.15) is 0 Å². The third-order valence-electron chi connectivity index (χ3n) is 1.74. The third kappa shape index (κ3) is 1.53. The molecule has 2 nitrogen and oxygen atoms in total. The highest BCUT2D eigenvalue weighted by Crippen LogP contribution is 2.09. The van der Waals surface area contributed by atoms with Gasteiger partial charge in [0.2, 0.25) is 0 Å². The quantitative estimate of drug-likeness (QED) is 0.528. The van der Waals surface area contributed by atoms with Crippen LogP contribution in [0.5, 0.6) is 0 Å². The largest absolute Gasteiger partial charge is 0.323 e. The van der Waals surface area contributed by atoms with E-state index in [1.807, 2.05) is 0 Å². The average Bonchev–Trinajstić information content (AvgIpc) is 2.37. The van der Waals surface area contributed by atoms with Crippen LogP contribution in [-0.4, -0.2) is 18.6 Å². The Bertz CT molecular complexity index is 95.1. The lowest BCUT2D eigenvalue weighted by atomic mass is 10.1. The van der Waals surface area contributed by atoms with Gasteiger partial charge in [0.05, 0.1) is 0 Å². The maximum absolute atomic E-state index is 5.67. The van der Waals surface area contributed by atoms with Crippen molar-refractivity contribution in [3.05, 3.63) is 12.7 Å². The van der Waals surface area contributed by atoms with Crippen LogP contribution in [0.3, 0.4) is 0 Å². The van der Waals surface area contributed by atoms with Gasteiger partial charge in [0.1, 0.15) is 0 Å². The number of nitrogens with zero attached hydrogens (tertiary/aromatic N) is 1. The molecule has 1 fully saturated rings. The highest BCUT2D eigenvalue weighted by atomic mass is 15.0. The van der Waals surface area contributed by atoms with E-state index in [-0.39, 0.29) is 6.04 Å². The molecule has 0 aromatic heterocycles. The monoisotopic (exact) mass is 125 g/mol. The molecular weight excluding hydrogens is 112 g/mol. The first-order valence-corrected chi connectivity index (χ1v) is 3.39. The minimum Gasteiger partial charge on any atom is -0.323 e. The Morgan fingerprint density at radius 1 is 1.78 bits per heavy atom. The summed E-state index contributed by atoms with van der Waals surface area (Å²) in [5.74, 6) is 0. The second-order valence-electron chi connectivity index (χ2n) is 2.43. The van der Waals surface area contributed by atoms with E-state index in [0.717, 1.165) is 13.0 Å². The fraction of sp³-hybridized carbons (Fsp3) is 0.714. The van der Waals surface area contributed by atoms with Gasteiger partial charge < -0.3 is 5.73 Å². The molecule has 0 aromatic rings. The van der Waals surface area contributed by atoms with Crippen LogP contribution < -0.4 is 11.1 Å². The Balaban J connectivity index is 2.32. The lowest BCUT2D eigenvalue weighted by molar-refractivity contribution is 0.539. The number of nitrogens with two attached hydrogens (primary N) is 1. The van der Waals surface area contributed by atoms with Crippen LogP contribution in [0.25, 0.3) is 0 Å². The summed E-state index contributed by atoms with van der Waals surface area (Å²) in [7, 11) is 0. The van der Waals surface area contributed by atoms with E-state index in [9.17, 15) is 0 Å². The predicted molar refractivity (Wildman–Crippen MR) is 38.2 cm³/mol. The third-order valence-corrected chi connectivity index (χ3v) is 1.74. The van der Waals surface area contributed by atoms with Crippen molar-refractivity contribution >= 4 is 0 Å². The van der Waals surface area contributed by atoms with E-state index in [1.54, 1.807) is 6.08 Å². The van der Waals surface area contributed by atoms with Gasteiger partial charge in [-0.15, -0.1) is 6.58 Å². The molecule has 0 aromatic carbocycles. The van der Waals surface area contributed by atoms with Crippen molar-refractivity contribution in [3.8, 4) is 0 Å². The molecule has 0 amide bonds. The highest BCUT2D eigenvalue weighted by Gasteiger charge is 2.19. The van der Waals surface area contributed by atoms with Crippen molar-refractivity contribution in [1.82, 2.24) is 5.32 Å². The second-order valence-corrected chi connectivity index (χ2v) is 2.43. The Kier molecular flexibility index (Phi) is 2.25. The van der Waals surface area contributed by atoms with Crippen molar-refractivity contribution in [1.29, 1.82) is 0 Å². The first kappa shape index (κ1) is 6.78. The molecule has 0 aliphatic carbocycles. The highest BCUT2D eigenvalue weighted by molar-refractivity contribution is 4.94. The van der Waals surface area contributed by atoms with E-state index in [1.165, 1.54) is 6.42 Å². The second kappa shape index (κ2) is 2.99. The molecule has 1 radical (unpaired) electrons. The maximum Gasteiger partial charge on any atom is 0.0433 e. The van der Waals surface area contributed by atoms with E-state index in [0.29, 0.717) is 6.04 Å². The number of hydrogen-bond donors (Lipinski definition) is 1. The fourth-order valence-corrected chi connectivity index (χ4v) is 1.12. The van der Waals surface area contributed by atoms with E-state index in [4.69, 9.17) is 5.73 Å². The molecule has 2 heteroatoms. The SMILES string of the molecule is C=CC(N)C1CCC[N]1. The summed E-state index contributed by atoms with van der Waals surface area (Å²) >= 11 is 0. The molecular formula is C7H13N2. The molecule has 1 heterocycles. The lowest BCUT2D eigenvalue weighted by Gasteiger charge is -2.12. The molecule has 1 rings (SSSR count). The Hall–Kier alpha value is -0.340. The molecule has 9 heavy (non-hydrogen) atoms. The average molecular weight is 125 g/mol. The smallest absolute Gasteiger partial charge is 0.0433 e. The van der Waals surface area contributed by atoms with Gasteiger partial charge in [0, 0.05) is 18.6 Å². The van der Waals surface area contributed by atoms with Crippen LogP contribution in [0, 0.1) is 0 Å². The van der Waals surface area contributed by atoms with Crippen LogP contribution in [0.1, 0.15) is 12.8 Å². The van der Waals surface area contributed by atoms with E-state index in [2.05, 4.69) is 11.9 Å². The van der Waals surface area contributed by atoms with Crippen molar-refractivity contribution in [2.75, 3.05) is 6.54 Å². The lowest BCUT2D eigenvalue weighted by Crippen LogP contribution is -2.35. The van der Waals surface area contributed by atoms with Crippen LogP contribution in [0.15, 0.2) is 12.7 Å². The molecule has 1 saturated heterocycles. The summed E-state index contributed by atoms with van der Waals surface area (Å²) in [4.78, 5) is 0. The van der Waals surface area contributed by atoms with Crippen molar-refractivity contribution in [2.45, 2.75) is 24.9 Å². The van der Waals surface area contributed by atoms with E-state index >= 15 is 0 Å².